The van der Waals surface area contributed by atoms with Crippen molar-refractivity contribution in [3.05, 3.63) is 82.8 Å². The summed E-state index contributed by atoms with van der Waals surface area (Å²) in [6.07, 6.45) is 1.43. The predicted molar refractivity (Wildman–Crippen MR) is 119 cm³/mol. The van der Waals surface area contributed by atoms with Crippen LogP contribution in [0.2, 0.25) is 19.6 Å². The summed E-state index contributed by atoms with van der Waals surface area (Å²) in [6.45, 7) is 8.90. The molecule has 0 aliphatic carbocycles. The summed E-state index contributed by atoms with van der Waals surface area (Å²) in [4.78, 5) is 16.9. The van der Waals surface area contributed by atoms with Gasteiger partial charge in [-0.15, -0.1) is 0 Å². The third-order valence-electron chi connectivity index (χ3n) is 6.22. The summed E-state index contributed by atoms with van der Waals surface area (Å²) in [6, 6.07) is 16.5. The van der Waals surface area contributed by atoms with Crippen molar-refractivity contribution in [1.29, 1.82) is 0 Å². The molecule has 6 heteroatoms. The zero-order chi connectivity index (χ0) is 21.6. The van der Waals surface area contributed by atoms with Crippen LogP contribution in [0.1, 0.15) is 30.2 Å². The molecule has 4 rings (SSSR count). The van der Waals surface area contributed by atoms with Crippen molar-refractivity contribution in [2.45, 2.75) is 51.0 Å². The van der Waals surface area contributed by atoms with Crippen LogP contribution in [-0.2, 0) is 4.74 Å². The van der Waals surface area contributed by atoms with Gasteiger partial charge in [0, 0.05) is 7.05 Å². The van der Waals surface area contributed by atoms with E-state index in [9.17, 15) is 9.18 Å². The van der Waals surface area contributed by atoms with Crippen LogP contribution in [0.4, 0.5) is 9.18 Å². The van der Waals surface area contributed by atoms with E-state index in [1.807, 2.05) is 30.1 Å². The summed E-state index contributed by atoms with van der Waals surface area (Å²) < 4.78 is 20.0. The minimum atomic E-state index is -1.74. The lowest BCUT2D eigenvalue weighted by atomic mass is 10.0. The molecular formula is C24H29FN2O2Si. The zero-order valence-electron chi connectivity index (χ0n) is 18.2. The van der Waals surface area contributed by atoms with E-state index in [4.69, 9.17) is 4.74 Å². The van der Waals surface area contributed by atoms with Crippen LogP contribution >= 0.6 is 0 Å². The average Bonchev–Trinajstić information content (AvgIpc) is 3.25. The largest absolute Gasteiger partial charge is 0.343 e. The monoisotopic (exact) mass is 424 g/mol. The topological polar surface area (TPSA) is 32.8 Å². The Morgan fingerprint density at radius 1 is 0.967 bits per heavy atom. The quantitative estimate of drug-likeness (QED) is 0.605. The molecule has 30 heavy (non-hydrogen) atoms. The van der Waals surface area contributed by atoms with E-state index in [0.717, 1.165) is 11.1 Å². The molecule has 1 fully saturated rings. The highest BCUT2D eigenvalue weighted by Crippen LogP contribution is 2.44. The third-order valence-corrected chi connectivity index (χ3v) is 8.39. The Hall–Kier alpha value is -2.44. The fourth-order valence-electron chi connectivity index (χ4n) is 4.45. The molecule has 4 nitrogen and oxygen atoms in total. The van der Waals surface area contributed by atoms with Gasteiger partial charge in [0.1, 0.15) is 11.9 Å². The molecule has 0 saturated carbocycles. The third kappa shape index (κ3) is 3.59. The van der Waals surface area contributed by atoms with Gasteiger partial charge in [0.25, 0.3) is 0 Å². The lowest BCUT2D eigenvalue weighted by Crippen LogP contribution is -2.39. The number of nitrogens with zero attached hydrogens (tertiary/aromatic N) is 2. The number of likely N-dealkylation sites (N-methyl/N-ethyl adjacent to an activating group) is 1. The van der Waals surface area contributed by atoms with Gasteiger partial charge in [-0.1, -0.05) is 62.1 Å². The molecule has 2 aromatic rings. The number of hydrogen-bond donors (Lipinski definition) is 0. The van der Waals surface area contributed by atoms with Gasteiger partial charge in [0.15, 0.2) is 6.23 Å². The van der Waals surface area contributed by atoms with Crippen LogP contribution in [0, 0.1) is 5.82 Å². The maximum absolute atomic E-state index is 13.5. The number of halogens is 1. The highest BCUT2D eigenvalue weighted by atomic mass is 28.3. The highest BCUT2D eigenvalue weighted by Gasteiger charge is 2.48. The molecule has 0 spiro atoms. The molecule has 2 amide bonds. The Morgan fingerprint density at radius 3 is 2.20 bits per heavy atom. The molecule has 0 aromatic heterocycles. The molecule has 158 valence electrons. The average molecular weight is 425 g/mol. The van der Waals surface area contributed by atoms with Crippen molar-refractivity contribution >= 4 is 14.1 Å². The first-order valence-electron chi connectivity index (χ1n) is 10.4. The number of urea groups is 1. The van der Waals surface area contributed by atoms with Gasteiger partial charge in [0.05, 0.1) is 20.2 Å². The fraction of sp³-hybridized carbons (Fsp3) is 0.375. The zero-order valence-corrected chi connectivity index (χ0v) is 19.2. The summed E-state index contributed by atoms with van der Waals surface area (Å²) in [5, 5.41) is 1.24. The SMILES string of the molecule is C[C@H]1[C@@H](c2ccccc2)N([C@@H]2C=C([Si](C)(C)C)[C@H](c3ccc(F)cc3)O2)C(=O)N1C. The number of carbonyl (C=O) groups excluding carboxylic acids is 1. The van der Waals surface area contributed by atoms with E-state index in [-0.39, 0.29) is 30.0 Å². The fourth-order valence-corrected chi connectivity index (χ4v) is 6.12. The van der Waals surface area contributed by atoms with Crippen molar-refractivity contribution < 1.29 is 13.9 Å². The Balaban J connectivity index is 1.74. The predicted octanol–water partition coefficient (Wildman–Crippen LogP) is 5.52. The van der Waals surface area contributed by atoms with E-state index in [2.05, 4.69) is 44.8 Å². The Bertz CT molecular complexity index is 955. The number of amides is 2. The lowest BCUT2D eigenvalue weighted by molar-refractivity contribution is -0.0302. The van der Waals surface area contributed by atoms with Crippen molar-refractivity contribution in [2.24, 2.45) is 0 Å². The number of rotatable bonds is 4. The molecule has 0 radical (unpaired) electrons. The number of hydrogen-bond acceptors (Lipinski definition) is 2. The number of ether oxygens (including phenoxy) is 1. The van der Waals surface area contributed by atoms with Gasteiger partial charge in [-0.25, -0.2) is 9.18 Å². The summed E-state index contributed by atoms with van der Waals surface area (Å²) in [5.74, 6) is -0.263. The molecule has 0 N–H and O–H groups in total. The lowest BCUT2D eigenvalue weighted by Gasteiger charge is -2.30. The first kappa shape index (κ1) is 20.8. The summed E-state index contributed by atoms with van der Waals surface area (Å²) in [7, 11) is 0.103. The van der Waals surface area contributed by atoms with Crippen LogP contribution in [0.25, 0.3) is 0 Å². The molecule has 1 saturated heterocycles. The first-order valence-corrected chi connectivity index (χ1v) is 13.9. The van der Waals surface area contributed by atoms with Gasteiger partial charge in [-0.3, -0.25) is 4.90 Å². The maximum atomic E-state index is 13.5. The molecule has 2 aromatic carbocycles. The number of benzene rings is 2. The molecule has 2 aliphatic rings. The van der Waals surface area contributed by atoms with Gasteiger partial charge in [0.2, 0.25) is 0 Å². The smallest absolute Gasteiger partial charge is 0.322 e. The second-order valence-corrected chi connectivity index (χ2v) is 14.3. The van der Waals surface area contributed by atoms with E-state index in [1.54, 1.807) is 17.0 Å². The molecule has 2 aliphatic heterocycles. The summed E-state index contributed by atoms with van der Waals surface area (Å²) in [5.41, 5.74) is 2.02. The number of carbonyl (C=O) groups is 1. The molecule has 2 heterocycles. The van der Waals surface area contributed by atoms with Crippen LogP contribution in [0.15, 0.2) is 65.9 Å². The van der Waals surface area contributed by atoms with E-state index in [0.29, 0.717) is 0 Å². The van der Waals surface area contributed by atoms with Gasteiger partial charge in [-0.05, 0) is 41.5 Å². The van der Waals surface area contributed by atoms with Crippen LogP contribution in [-0.4, -0.2) is 43.2 Å². The van der Waals surface area contributed by atoms with Gasteiger partial charge < -0.3 is 9.64 Å². The van der Waals surface area contributed by atoms with E-state index < -0.39 is 14.3 Å². The Morgan fingerprint density at radius 2 is 1.60 bits per heavy atom. The minimum absolute atomic E-state index is 0.0251. The summed E-state index contributed by atoms with van der Waals surface area (Å²) >= 11 is 0. The minimum Gasteiger partial charge on any atom is -0.343 e. The highest BCUT2D eigenvalue weighted by molar-refractivity contribution is 6.83. The molecular weight excluding hydrogens is 395 g/mol. The van der Waals surface area contributed by atoms with Crippen molar-refractivity contribution in [1.82, 2.24) is 9.80 Å². The second-order valence-electron chi connectivity index (χ2n) is 9.23. The molecule has 0 unspecified atom stereocenters. The van der Waals surface area contributed by atoms with Crippen LogP contribution in [0.5, 0.6) is 0 Å². The van der Waals surface area contributed by atoms with Crippen molar-refractivity contribution in [3.63, 3.8) is 0 Å². The normalized spacial score (nSPS) is 27.0. The molecule has 4 atom stereocenters. The van der Waals surface area contributed by atoms with Crippen molar-refractivity contribution in [2.75, 3.05) is 7.05 Å². The maximum Gasteiger partial charge on any atom is 0.322 e. The van der Waals surface area contributed by atoms with Crippen molar-refractivity contribution in [3.8, 4) is 0 Å². The Kier molecular flexibility index (Phi) is 5.32. The standard InChI is InChI=1S/C24H29FN2O2Si/c1-16-22(17-9-7-6-8-10-17)27(24(28)26(16)2)21-15-20(30(3,4)5)23(29-21)18-11-13-19(25)14-12-18/h6-16,21-23H,1-5H3/t16-,21-,22-,23-/m0/s1. The second kappa shape index (κ2) is 7.67. The van der Waals surface area contributed by atoms with Gasteiger partial charge in [-0.2, -0.15) is 0 Å². The molecule has 0 bridgehead atoms. The van der Waals surface area contributed by atoms with Crippen LogP contribution in [0.3, 0.4) is 0 Å². The Labute approximate surface area is 179 Å². The van der Waals surface area contributed by atoms with Crippen LogP contribution < -0.4 is 0 Å². The first-order chi connectivity index (χ1) is 14.2. The van der Waals surface area contributed by atoms with Gasteiger partial charge >= 0.3 is 6.03 Å². The van der Waals surface area contributed by atoms with E-state index >= 15 is 0 Å². The van der Waals surface area contributed by atoms with E-state index in [1.165, 1.54) is 17.3 Å².